The first-order chi connectivity index (χ1) is 15.7. The monoisotopic (exact) mass is 422 g/mol. The molecule has 8 heteroatoms. The number of nitrogens with zero attached hydrogens (tertiary/aromatic N) is 6. The number of ether oxygens (including phenoxy) is 1. The Bertz CT molecular complexity index is 1430. The van der Waals surface area contributed by atoms with E-state index in [-0.39, 0.29) is 11.1 Å². The summed E-state index contributed by atoms with van der Waals surface area (Å²) in [6.07, 6.45) is 6.46. The van der Waals surface area contributed by atoms with Crippen molar-refractivity contribution in [3.8, 4) is 39.8 Å². The average Bonchev–Trinajstić information content (AvgIpc) is 3.35. The molecule has 156 valence electrons. The van der Waals surface area contributed by atoms with Crippen LogP contribution in [0.1, 0.15) is 0 Å². The Morgan fingerprint density at radius 2 is 1.81 bits per heavy atom. The van der Waals surface area contributed by atoms with Crippen molar-refractivity contribution in [2.24, 2.45) is 0 Å². The minimum absolute atomic E-state index is 0.199. The molecule has 5 rings (SSSR count). The van der Waals surface area contributed by atoms with Crippen LogP contribution in [0.3, 0.4) is 0 Å². The molecule has 0 amide bonds. The van der Waals surface area contributed by atoms with Crippen molar-refractivity contribution in [3.63, 3.8) is 0 Å². The van der Waals surface area contributed by atoms with E-state index in [0.29, 0.717) is 17.1 Å². The van der Waals surface area contributed by atoms with Crippen molar-refractivity contribution in [1.29, 1.82) is 0 Å². The van der Waals surface area contributed by atoms with Gasteiger partial charge in [-0.2, -0.15) is 10.2 Å². The molecule has 3 heterocycles. The van der Waals surface area contributed by atoms with Crippen LogP contribution < -0.4 is 10.2 Å². The predicted molar refractivity (Wildman–Crippen MR) is 120 cm³/mol. The number of para-hydroxylation sites is 1. The summed E-state index contributed by atoms with van der Waals surface area (Å²) in [5.74, 6) is 0.597. The van der Waals surface area contributed by atoms with Gasteiger partial charge in [-0.15, -0.1) is 0 Å². The Kier molecular flexibility index (Phi) is 5.01. The van der Waals surface area contributed by atoms with Crippen LogP contribution in [0.5, 0.6) is 5.75 Å². The first-order valence-corrected chi connectivity index (χ1v) is 9.89. The third-order valence-electron chi connectivity index (χ3n) is 5.00. The Labute approximate surface area is 183 Å². The molecule has 2 aromatic carbocycles. The molecule has 0 unspecified atom stereocenters. The number of aromatic nitrogens is 6. The van der Waals surface area contributed by atoms with E-state index in [4.69, 9.17) is 4.74 Å². The fraction of sp³-hybridized carbons (Fsp3) is 0.0417. The molecule has 0 radical (unpaired) electrons. The van der Waals surface area contributed by atoms with Gasteiger partial charge in [-0.25, -0.2) is 19.3 Å². The summed E-state index contributed by atoms with van der Waals surface area (Å²) in [6.45, 7) is 0. The predicted octanol–water partition coefficient (Wildman–Crippen LogP) is 3.55. The quantitative estimate of drug-likeness (QED) is 0.430. The summed E-state index contributed by atoms with van der Waals surface area (Å²) in [5, 5.41) is 9.00. The van der Waals surface area contributed by atoms with Crippen molar-refractivity contribution < 1.29 is 4.74 Å². The van der Waals surface area contributed by atoms with E-state index in [9.17, 15) is 4.79 Å². The van der Waals surface area contributed by atoms with Gasteiger partial charge in [0.1, 0.15) is 17.8 Å². The molecule has 32 heavy (non-hydrogen) atoms. The van der Waals surface area contributed by atoms with Gasteiger partial charge in [0.2, 0.25) is 5.43 Å². The molecule has 0 saturated carbocycles. The minimum atomic E-state index is -0.199. The summed E-state index contributed by atoms with van der Waals surface area (Å²) in [5.41, 5.74) is 3.90. The number of rotatable bonds is 5. The zero-order valence-corrected chi connectivity index (χ0v) is 17.2. The molecule has 5 aromatic rings. The number of benzene rings is 2. The van der Waals surface area contributed by atoms with Crippen molar-refractivity contribution >= 4 is 0 Å². The molecule has 0 aliphatic rings. The Morgan fingerprint density at radius 1 is 0.938 bits per heavy atom. The minimum Gasteiger partial charge on any atom is -0.494 e. The fourth-order valence-corrected chi connectivity index (χ4v) is 3.46. The molecule has 0 aliphatic carbocycles. The van der Waals surface area contributed by atoms with E-state index in [1.54, 1.807) is 41.1 Å². The topological polar surface area (TPSA) is 87.7 Å². The molecule has 0 bridgehead atoms. The van der Waals surface area contributed by atoms with Gasteiger partial charge in [0.05, 0.1) is 30.4 Å². The van der Waals surface area contributed by atoms with Gasteiger partial charge in [0.25, 0.3) is 0 Å². The Hall–Kier alpha value is -4.59. The smallest absolute Gasteiger partial charge is 0.209 e. The lowest BCUT2D eigenvalue weighted by Gasteiger charge is -2.13. The molecular weight excluding hydrogens is 404 g/mol. The van der Waals surface area contributed by atoms with Crippen molar-refractivity contribution in [1.82, 2.24) is 29.5 Å². The Balaban J connectivity index is 1.60. The highest BCUT2D eigenvalue weighted by Gasteiger charge is 2.15. The van der Waals surface area contributed by atoms with E-state index >= 15 is 0 Å². The second kappa shape index (κ2) is 8.27. The normalized spacial score (nSPS) is 10.8. The van der Waals surface area contributed by atoms with Crippen LogP contribution in [0.4, 0.5) is 0 Å². The van der Waals surface area contributed by atoms with E-state index < -0.39 is 0 Å². The van der Waals surface area contributed by atoms with Crippen LogP contribution in [-0.2, 0) is 0 Å². The standard InChI is InChI=1S/C24H18N6O2/c1-32-23-15-17(19-9-12-25-16-26-19)7-8-20(23)29-14-11-22(31)24(28-29)21-10-13-27-30(21)18-5-3-2-4-6-18/h2-16H,1H3. The molecule has 0 atom stereocenters. The first-order valence-electron chi connectivity index (χ1n) is 9.89. The summed E-state index contributed by atoms with van der Waals surface area (Å²) in [7, 11) is 1.59. The highest BCUT2D eigenvalue weighted by atomic mass is 16.5. The lowest BCUT2D eigenvalue weighted by atomic mass is 10.1. The van der Waals surface area contributed by atoms with Crippen LogP contribution in [-0.4, -0.2) is 36.6 Å². The van der Waals surface area contributed by atoms with Crippen LogP contribution >= 0.6 is 0 Å². The largest absolute Gasteiger partial charge is 0.494 e. The van der Waals surface area contributed by atoms with Crippen molar-refractivity contribution in [3.05, 3.63) is 102 Å². The summed E-state index contributed by atoms with van der Waals surface area (Å²) >= 11 is 0. The molecule has 0 spiro atoms. The summed E-state index contributed by atoms with van der Waals surface area (Å²) in [4.78, 5) is 21.0. The lowest BCUT2D eigenvalue weighted by Crippen LogP contribution is -2.15. The van der Waals surface area contributed by atoms with Gasteiger partial charge in [0, 0.05) is 24.0 Å². The van der Waals surface area contributed by atoms with E-state index in [1.165, 1.54) is 12.4 Å². The van der Waals surface area contributed by atoms with Gasteiger partial charge in [-0.3, -0.25) is 4.79 Å². The second-order valence-corrected chi connectivity index (χ2v) is 6.92. The number of methoxy groups -OCH3 is 1. The number of hydrogen-bond donors (Lipinski definition) is 0. The SMILES string of the molecule is COc1cc(-c2ccncn2)ccc1-n1ccc(=O)c(-c2ccnn2-c2ccccc2)n1. The summed E-state index contributed by atoms with van der Waals surface area (Å²) in [6, 6.07) is 20.4. The molecule has 3 aromatic heterocycles. The summed E-state index contributed by atoms with van der Waals surface area (Å²) < 4.78 is 8.94. The maximum Gasteiger partial charge on any atom is 0.209 e. The van der Waals surface area contributed by atoms with Crippen molar-refractivity contribution in [2.75, 3.05) is 7.11 Å². The van der Waals surface area contributed by atoms with Gasteiger partial charge in [0.15, 0.2) is 5.69 Å². The highest BCUT2D eigenvalue weighted by Crippen LogP contribution is 2.28. The molecule has 0 N–H and O–H groups in total. The van der Waals surface area contributed by atoms with Gasteiger partial charge < -0.3 is 4.74 Å². The van der Waals surface area contributed by atoms with Crippen LogP contribution in [0, 0.1) is 0 Å². The molecule has 0 aliphatic heterocycles. The zero-order valence-electron chi connectivity index (χ0n) is 17.2. The second-order valence-electron chi connectivity index (χ2n) is 6.92. The maximum atomic E-state index is 12.7. The lowest BCUT2D eigenvalue weighted by molar-refractivity contribution is 0.411. The van der Waals surface area contributed by atoms with Gasteiger partial charge in [-0.1, -0.05) is 24.3 Å². The van der Waals surface area contributed by atoms with E-state index in [0.717, 1.165) is 16.9 Å². The third-order valence-corrected chi connectivity index (χ3v) is 5.00. The average molecular weight is 422 g/mol. The molecule has 8 nitrogen and oxygen atoms in total. The highest BCUT2D eigenvalue weighted by molar-refractivity contribution is 5.65. The van der Waals surface area contributed by atoms with Gasteiger partial charge >= 0.3 is 0 Å². The third kappa shape index (κ3) is 3.54. The van der Waals surface area contributed by atoms with Crippen LogP contribution in [0.15, 0.2) is 96.4 Å². The van der Waals surface area contributed by atoms with Crippen molar-refractivity contribution in [2.45, 2.75) is 0 Å². The van der Waals surface area contributed by atoms with E-state index in [2.05, 4.69) is 20.2 Å². The van der Waals surface area contributed by atoms with Crippen LogP contribution in [0.25, 0.3) is 34.0 Å². The number of hydrogen-bond acceptors (Lipinski definition) is 6. The van der Waals surface area contributed by atoms with Crippen LogP contribution in [0.2, 0.25) is 0 Å². The molecule has 0 saturated heterocycles. The first kappa shape index (κ1) is 19.4. The zero-order chi connectivity index (χ0) is 21.9. The molecular formula is C24H18N6O2. The van der Waals surface area contributed by atoms with E-state index in [1.807, 2.05) is 54.6 Å². The fourth-order valence-electron chi connectivity index (χ4n) is 3.46. The Morgan fingerprint density at radius 3 is 2.59 bits per heavy atom. The molecule has 0 fully saturated rings. The van der Waals surface area contributed by atoms with Gasteiger partial charge in [-0.05, 0) is 36.4 Å². The maximum absolute atomic E-state index is 12.7.